The fraction of sp³-hybridized carbons (Fsp3) is 0.700. The summed E-state index contributed by atoms with van der Waals surface area (Å²) in [6.45, 7) is 4.14. The first-order chi connectivity index (χ1) is 5.20. The summed E-state index contributed by atoms with van der Waals surface area (Å²) >= 11 is 0. The molecule has 0 bridgehead atoms. The third-order valence-corrected chi connectivity index (χ3v) is 1.98. The van der Waals surface area contributed by atoms with E-state index in [0.29, 0.717) is 11.7 Å². The minimum absolute atomic E-state index is 0.445. The molecule has 1 aliphatic carbocycles. The molecule has 1 aliphatic rings. The molecule has 0 amide bonds. The van der Waals surface area contributed by atoms with E-state index in [1.165, 1.54) is 5.57 Å². The zero-order chi connectivity index (χ0) is 8.27. The molecule has 1 saturated carbocycles. The Balaban J connectivity index is 2.11. The van der Waals surface area contributed by atoms with Crippen LogP contribution in [-0.2, 0) is 4.79 Å². The number of Topliss-reactive ketones (excluding diaryl/α,β-unsaturated/α-hetero) is 1. The van der Waals surface area contributed by atoms with E-state index >= 15 is 0 Å². The maximum Gasteiger partial charge on any atom is 0.136 e. The first-order valence-electron chi connectivity index (χ1n) is 4.36. The van der Waals surface area contributed by atoms with Crippen LogP contribution in [0.15, 0.2) is 11.6 Å². The van der Waals surface area contributed by atoms with Crippen molar-refractivity contribution in [1.82, 2.24) is 0 Å². The van der Waals surface area contributed by atoms with Crippen LogP contribution in [0.5, 0.6) is 0 Å². The lowest BCUT2D eigenvalue weighted by Crippen LogP contribution is -1.98. The Hall–Kier alpha value is -0.590. The summed E-state index contributed by atoms with van der Waals surface area (Å²) in [5.41, 5.74) is 1.31. The normalized spacial score (nSPS) is 16.2. The van der Waals surface area contributed by atoms with E-state index < -0.39 is 0 Å². The number of carbonyl (C=O) groups is 1. The van der Waals surface area contributed by atoms with E-state index in [0.717, 1.165) is 25.7 Å². The van der Waals surface area contributed by atoms with Gasteiger partial charge in [0, 0.05) is 12.3 Å². The fourth-order valence-electron chi connectivity index (χ4n) is 1.11. The zero-order valence-corrected chi connectivity index (χ0v) is 7.39. The lowest BCUT2D eigenvalue weighted by molar-refractivity contribution is -0.120. The van der Waals surface area contributed by atoms with E-state index in [4.69, 9.17) is 0 Å². The van der Waals surface area contributed by atoms with Crippen LogP contribution in [0, 0.1) is 5.92 Å². The SMILES string of the molecule is CC(C)=CCCC(=O)C1CC1. The lowest BCUT2D eigenvalue weighted by Gasteiger charge is -1.93. The molecular weight excluding hydrogens is 136 g/mol. The maximum atomic E-state index is 11.2. The van der Waals surface area contributed by atoms with E-state index in [1.54, 1.807) is 0 Å². The molecule has 1 fully saturated rings. The van der Waals surface area contributed by atoms with Gasteiger partial charge in [-0.3, -0.25) is 4.79 Å². The minimum atomic E-state index is 0.445. The third kappa shape index (κ3) is 3.35. The van der Waals surface area contributed by atoms with E-state index in [-0.39, 0.29) is 0 Å². The standard InChI is InChI=1S/C10H16O/c1-8(2)4-3-5-10(11)9-6-7-9/h4,9H,3,5-7H2,1-2H3. The molecule has 62 valence electrons. The van der Waals surface area contributed by atoms with Gasteiger partial charge in [-0.25, -0.2) is 0 Å². The summed E-state index contributed by atoms with van der Waals surface area (Å²) in [7, 11) is 0. The molecule has 0 aromatic rings. The highest BCUT2D eigenvalue weighted by molar-refractivity contribution is 5.83. The van der Waals surface area contributed by atoms with E-state index in [1.807, 2.05) is 0 Å². The highest BCUT2D eigenvalue weighted by Crippen LogP contribution is 2.31. The van der Waals surface area contributed by atoms with Gasteiger partial charge in [0.25, 0.3) is 0 Å². The van der Waals surface area contributed by atoms with Crippen molar-refractivity contribution in [2.45, 2.75) is 39.5 Å². The number of hydrogen-bond donors (Lipinski definition) is 0. The predicted molar refractivity (Wildman–Crippen MR) is 46.4 cm³/mol. The summed E-state index contributed by atoms with van der Waals surface area (Å²) in [6, 6.07) is 0. The van der Waals surface area contributed by atoms with Crippen molar-refractivity contribution in [1.29, 1.82) is 0 Å². The van der Waals surface area contributed by atoms with Crippen LogP contribution in [0.2, 0.25) is 0 Å². The van der Waals surface area contributed by atoms with E-state index in [9.17, 15) is 4.79 Å². The molecule has 0 spiro atoms. The second-order valence-corrected chi connectivity index (χ2v) is 3.56. The van der Waals surface area contributed by atoms with Crippen molar-refractivity contribution in [3.8, 4) is 0 Å². The van der Waals surface area contributed by atoms with Gasteiger partial charge in [0.2, 0.25) is 0 Å². The Kier molecular flexibility index (Phi) is 2.86. The number of carbonyl (C=O) groups excluding carboxylic acids is 1. The third-order valence-electron chi connectivity index (χ3n) is 1.98. The van der Waals surface area contributed by atoms with Crippen LogP contribution in [0.4, 0.5) is 0 Å². The predicted octanol–water partition coefficient (Wildman–Crippen LogP) is 2.71. The molecular formula is C10H16O. The van der Waals surface area contributed by atoms with Gasteiger partial charge in [-0.15, -0.1) is 0 Å². The Morgan fingerprint density at radius 2 is 2.09 bits per heavy atom. The Labute approximate surface area is 68.5 Å². The molecule has 0 aromatic heterocycles. The van der Waals surface area contributed by atoms with Crippen molar-refractivity contribution in [3.63, 3.8) is 0 Å². The molecule has 0 radical (unpaired) electrons. The van der Waals surface area contributed by atoms with Crippen LogP contribution in [-0.4, -0.2) is 5.78 Å². The molecule has 0 atom stereocenters. The Morgan fingerprint density at radius 1 is 1.45 bits per heavy atom. The molecule has 0 aliphatic heterocycles. The van der Waals surface area contributed by atoms with Crippen molar-refractivity contribution in [2.75, 3.05) is 0 Å². The van der Waals surface area contributed by atoms with Crippen molar-refractivity contribution < 1.29 is 4.79 Å². The van der Waals surface area contributed by atoms with Gasteiger partial charge in [0.15, 0.2) is 0 Å². The number of rotatable bonds is 4. The number of allylic oxidation sites excluding steroid dienone is 2. The van der Waals surface area contributed by atoms with Crippen LogP contribution in [0.3, 0.4) is 0 Å². The lowest BCUT2D eigenvalue weighted by atomic mass is 10.1. The summed E-state index contributed by atoms with van der Waals surface area (Å²) < 4.78 is 0. The monoisotopic (exact) mass is 152 g/mol. The smallest absolute Gasteiger partial charge is 0.136 e. The molecule has 1 rings (SSSR count). The van der Waals surface area contributed by atoms with Crippen molar-refractivity contribution in [3.05, 3.63) is 11.6 Å². The van der Waals surface area contributed by atoms with Crippen molar-refractivity contribution in [2.24, 2.45) is 5.92 Å². The van der Waals surface area contributed by atoms with Gasteiger partial charge in [-0.05, 0) is 33.1 Å². The molecule has 0 N–H and O–H groups in total. The molecule has 0 unspecified atom stereocenters. The van der Waals surface area contributed by atoms with Gasteiger partial charge < -0.3 is 0 Å². The van der Waals surface area contributed by atoms with Crippen molar-refractivity contribution >= 4 is 5.78 Å². The molecule has 0 aromatic carbocycles. The summed E-state index contributed by atoms with van der Waals surface area (Å²) in [6.07, 6.45) is 6.13. The quantitative estimate of drug-likeness (QED) is 0.566. The second kappa shape index (κ2) is 3.70. The maximum absolute atomic E-state index is 11.2. The first kappa shape index (κ1) is 8.51. The number of hydrogen-bond acceptors (Lipinski definition) is 1. The molecule has 0 saturated heterocycles. The van der Waals surface area contributed by atoms with Crippen LogP contribution < -0.4 is 0 Å². The minimum Gasteiger partial charge on any atom is -0.299 e. The Morgan fingerprint density at radius 3 is 2.55 bits per heavy atom. The highest BCUT2D eigenvalue weighted by atomic mass is 16.1. The summed E-state index contributed by atoms with van der Waals surface area (Å²) in [4.78, 5) is 11.2. The topological polar surface area (TPSA) is 17.1 Å². The largest absolute Gasteiger partial charge is 0.299 e. The molecule has 0 heterocycles. The first-order valence-corrected chi connectivity index (χ1v) is 4.36. The van der Waals surface area contributed by atoms with Gasteiger partial charge >= 0.3 is 0 Å². The van der Waals surface area contributed by atoms with Gasteiger partial charge in [0.05, 0.1) is 0 Å². The fourth-order valence-corrected chi connectivity index (χ4v) is 1.11. The van der Waals surface area contributed by atoms with Crippen LogP contribution in [0.25, 0.3) is 0 Å². The molecule has 11 heavy (non-hydrogen) atoms. The van der Waals surface area contributed by atoms with Gasteiger partial charge in [0.1, 0.15) is 5.78 Å². The average Bonchev–Trinajstić information content (AvgIpc) is 2.66. The average molecular weight is 152 g/mol. The molecule has 1 nitrogen and oxygen atoms in total. The Bertz CT molecular complexity index is 171. The zero-order valence-electron chi connectivity index (χ0n) is 7.39. The second-order valence-electron chi connectivity index (χ2n) is 3.56. The number of ketones is 1. The highest BCUT2D eigenvalue weighted by Gasteiger charge is 2.28. The van der Waals surface area contributed by atoms with Crippen LogP contribution in [0.1, 0.15) is 39.5 Å². The van der Waals surface area contributed by atoms with Crippen LogP contribution >= 0.6 is 0 Å². The summed E-state index contributed by atoms with van der Waals surface area (Å²) in [5, 5.41) is 0. The molecule has 1 heteroatoms. The summed E-state index contributed by atoms with van der Waals surface area (Å²) in [5.74, 6) is 0.920. The van der Waals surface area contributed by atoms with Gasteiger partial charge in [-0.1, -0.05) is 11.6 Å². The van der Waals surface area contributed by atoms with E-state index in [2.05, 4.69) is 19.9 Å². The van der Waals surface area contributed by atoms with Gasteiger partial charge in [-0.2, -0.15) is 0 Å².